The first kappa shape index (κ1) is 22.2. The van der Waals surface area contributed by atoms with E-state index in [0.717, 1.165) is 17.5 Å². The molecule has 9 heteroatoms. The number of benzene rings is 2. The molecule has 0 bridgehead atoms. The monoisotopic (exact) mass is 447 g/mol. The molecule has 0 fully saturated rings. The number of sulfonamides is 1. The summed E-state index contributed by atoms with van der Waals surface area (Å²) in [4.78, 5) is 17.2. The second-order valence-electron chi connectivity index (χ2n) is 6.65. The van der Waals surface area contributed by atoms with Crippen LogP contribution in [0.4, 0.5) is 5.13 Å². The largest absolute Gasteiger partial charge is 0.494 e. The van der Waals surface area contributed by atoms with Gasteiger partial charge in [0.25, 0.3) is 5.91 Å². The third kappa shape index (κ3) is 4.63. The summed E-state index contributed by atoms with van der Waals surface area (Å²) in [5.41, 5.74) is 1.05. The highest BCUT2D eigenvalue weighted by molar-refractivity contribution is 7.89. The van der Waals surface area contributed by atoms with Gasteiger partial charge in [-0.2, -0.15) is 4.31 Å². The number of fused-ring (bicyclic) bond motifs is 1. The molecule has 0 aliphatic heterocycles. The second kappa shape index (κ2) is 9.55. The summed E-state index contributed by atoms with van der Waals surface area (Å²) in [5.74, 6) is 0.290. The van der Waals surface area contributed by atoms with E-state index < -0.39 is 10.0 Å². The van der Waals surface area contributed by atoms with Crippen LogP contribution in [-0.2, 0) is 10.0 Å². The Hall–Kier alpha value is -2.49. The Balaban J connectivity index is 1.77. The molecule has 1 heterocycles. The number of methoxy groups -OCH3 is 1. The first-order valence-corrected chi connectivity index (χ1v) is 12.0. The number of thiazole rings is 1. The van der Waals surface area contributed by atoms with Crippen molar-refractivity contribution in [1.82, 2.24) is 9.29 Å². The van der Waals surface area contributed by atoms with Crippen molar-refractivity contribution in [2.45, 2.75) is 31.6 Å². The molecule has 0 atom stereocenters. The van der Waals surface area contributed by atoms with Crippen molar-refractivity contribution in [2.24, 2.45) is 0 Å². The standard InChI is InChI=1S/C21H25N3O4S2/c1-4-6-14-24(5-2)30(26,27)16-12-10-15(11-13-16)20(25)23-21-22-19-17(28-3)8-7-9-18(19)29-21/h7-13H,4-6,14H2,1-3H3,(H,22,23,25). The number of ether oxygens (including phenoxy) is 1. The van der Waals surface area contributed by atoms with Crippen LogP contribution in [0.5, 0.6) is 5.75 Å². The van der Waals surface area contributed by atoms with Gasteiger partial charge in [-0.1, -0.05) is 37.7 Å². The molecule has 3 aromatic rings. The van der Waals surface area contributed by atoms with Crippen LogP contribution < -0.4 is 10.1 Å². The predicted octanol–water partition coefficient (Wildman–Crippen LogP) is 4.37. The normalized spacial score (nSPS) is 11.7. The average Bonchev–Trinajstić information content (AvgIpc) is 3.16. The molecule has 0 radical (unpaired) electrons. The number of carbonyl (C=O) groups is 1. The van der Waals surface area contributed by atoms with E-state index in [-0.39, 0.29) is 10.8 Å². The molecular weight excluding hydrogens is 422 g/mol. The third-order valence-corrected chi connectivity index (χ3v) is 7.61. The average molecular weight is 448 g/mol. The maximum atomic E-state index is 12.8. The van der Waals surface area contributed by atoms with Crippen molar-refractivity contribution in [1.29, 1.82) is 0 Å². The zero-order chi connectivity index (χ0) is 21.7. The lowest BCUT2D eigenvalue weighted by Crippen LogP contribution is -2.31. The van der Waals surface area contributed by atoms with Crippen LogP contribution in [0.25, 0.3) is 10.2 Å². The van der Waals surface area contributed by atoms with Crippen molar-refractivity contribution >= 4 is 42.6 Å². The minimum Gasteiger partial charge on any atom is -0.494 e. The highest BCUT2D eigenvalue weighted by Crippen LogP contribution is 2.32. The van der Waals surface area contributed by atoms with Gasteiger partial charge in [-0.15, -0.1) is 0 Å². The van der Waals surface area contributed by atoms with Crippen molar-refractivity contribution < 1.29 is 17.9 Å². The molecule has 1 amide bonds. The fraction of sp³-hybridized carbons (Fsp3) is 0.333. The Morgan fingerprint density at radius 1 is 1.17 bits per heavy atom. The molecule has 0 aliphatic carbocycles. The summed E-state index contributed by atoms with van der Waals surface area (Å²) in [6.07, 6.45) is 1.73. The number of para-hydroxylation sites is 1. The highest BCUT2D eigenvalue weighted by Gasteiger charge is 2.23. The number of nitrogens with one attached hydrogen (secondary N) is 1. The minimum absolute atomic E-state index is 0.182. The van der Waals surface area contributed by atoms with Crippen LogP contribution >= 0.6 is 11.3 Å². The molecule has 0 saturated carbocycles. The smallest absolute Gasteiger partial charge is 0.257 e. The SMILES string of the molecule is CCCCN(CC)S(=O)(=O)c1ccc(C(=O)Nc2nc3c(OC)cccc3s2)cc1. The van der Waals surface area contributed by atoms with E-state index >= 15 is 0 Å². The summed E-state index contributed by atoms with van der Waals surface area (Å²) in [5, 5.41) is 3.22. The number of hydrogen-bond acceptors (Lipinski definition) is 6. The van der Waals surface area contributed by atoms with E-state index in [2.05, 4.69) is 10.3 Å². The Kier molecular flexibility index (Phi) is 7.06. The molecule has 3 rings (SSSR count). The van der Waals surface area contributed by atoms with Crippen molar-refractivity contribution in [2.75, 3.05) is 25.5 Å². The van der Waals surface area contributed by atoms with Gasteiger partial charge in [-0.05, 0) is 42.8 Å². The van der Waals surface area contributed by atoms with Gasteiger partial charge in [0.15, 0.2) is 5.13 Å². The Morgan fingerprint density at radius 2 is 1.90 bits per heavy atom. The fourth-order valence-corrected chi connectivity index (χ4v) is 5.39. The van der Waals surface area contributed by atoms with E-state index in [9.17, 15) is 13.2 Å². The highest BCUT2D eigenvalue weighted by atomic mass is 32.2. The van der Waals surface area contributed by atoms with Crippen molar-refractivity contribution in [3.05, 3.63) is 48.0 Å². The topological polar surface area (TPSA) is 88.6 Å². The molecular formula is C21H25N3O4S2. The summed E-state index contributed by atoms with van der Waals surface area (Å²) >= 11 is 1.35. The van der Waals surface area contributed by atoms with Gasteiger partial charge in [-0.25, -0.2) is 13.4 Å². The van der Waals surface area contributed by atoms with E-state index in [1.54, 1.807) is 7.11 Å². The zero-order valence-electron chi connectivity index (χ0n) is 17.2. The van der Waals surface area contributed by atoms with Gasteiger partial charge in [0.2, 0.25) is 10.0 Å². The van der Waals surface area contributed by atoms with Crippen molar-refractivity contribution in [3.8, 4) is 5.75 Å². The van der Waals surface area contributed by atoms with Gasteiger partial charge in [0, 0.05) is 18.7 Å². The molecule has 1 N–H and O–H groups in total. The minimum atomic E-state index is -3.57. The molecule has 2 aromatic carbocycles. The van der Waals surface area contributed by atoms with Gasteiger partial charge in [-0.3, -0.25) is 10.1 Å². The molecule has 0 aliphatic rings. The number of carbonyl (C=O) groups excluding carboxylic acids is 1. The maximum Gasteiger partial charge on any atom is 0.257 e. The zero-order valence-corrected chi connectivity index (χ0v) is 18.8. The van der Waals surface area contributed by atoms with E-state index in [1.165, 1.54) is 39.9 Å². The van der Waals surface area contributed by atoms with Crippen LogP contribution in [0.3, 0.4) is 0 Å². The summed E-state index contributed by atoms with van der Waals surface area (Å²) in [6, 6.07) is 11.6. The summed E-state index contributed by atoms with van der Waals surface area (Å²) in [7, 11) is -2.00. The van der Waals surface area contributed by atoms with E-state index in [4.69, 9.17) is 4.74 Å². The number of hydrogen-bond donors (Lipinski definition) is 1. The number of rotatable bonds is 9. The lowest BCUT2D eigenvalue weighted by molar-refractivity contribution is 0.102. The van der Waals surface area contributed by atoms with Gasteiger partial charge < -0.3 is 4.74 Å². The van der Waals surface area contributed by atoms with E-state index in [0.29, 0.717) is 35.1 Å². The lowest BCUT2D eigenvalue weighted by Gasteiger charge is -2.20. The Bertz CT molecular complexity index is 1120. The van der Waals surface area contributed by atoms with Crippen LogP contribution in [0.2, 0.25) is 0 Å². The fourth-order valence-electron chi connectivity index (χ4n) is 3.02. The number of nitrogens with zero attached hydrogens (tertiary/aromatic N) is 2. The molecule has 0 spiro atoms. The summed E-state index contributed by atoms with van der Waals surface area (Å²) in [6.45, 7) is 4.74. The Morgan fingerprint density at radius 3 is 2.53 bits per heavy atom. The molecule has 30 heavy (non-hydrogen) atoms. The van der Waals surface area contributed by atoms with Crippen molar-refractivity contribution in [3.63, 3.8) is 0 Å². The van der Waals surface area contributed by atoms with Gasteiger partial charge in [0.05, 0.1) is 16.7 Å². The van der Waals surface area contributed by atoms with Crippen LogP contribution in [-0.4, -0.2) is 43.8 Å². The third-order valence-electron chi connectivity index (χ3n) is 4.69. The van der Waals surface area contributed by atoms with Crippen LogP contribution in [0.15, 0.2) is 47.4 Å². The summed E-state index contributed by atoms with van der Waals surface area (Å²) < 4.78 is 33.3. The first-order chi connectivity index (χ1) is 14.4. The molecule has 7 nitrogen and oxygen atoms in total. The quantitative estimate of drug-likeness (QED) is 0.526. The molecule has 0 saturated heterocycles. The maximum absolute atomic E-state index is 12.8. The van der Waals surface area contributed by atoms with Gasteiger partial charge in [0.1, 0.15) is 11.3 Å². The molecule has 0 unspecified atom stereocenters. The molecule has 1 aromatic heterocycles. The number of aromatic nitrogens is 1. The number of unbranched alkanes of at least 4 members (excludes halogenated alkanes) is 1. The first-order valence-electron chi connectivity index (χ1n) is 9.75. The molecule has 160 valence electrons. The second-order valence-corrected chi connectivity index (χ2v) is 9.62. The van der Waals surface area contributed by atoms with Crippen LogP contribution in [0, 0.1) is 0 Å². The van der Waals surface area contributed by atoms with E-state index in [1.807, 2.05) is 32.0 Å². The Labute approximate surface area is 180 Å². The van der Waals surface area contributed by atoms with Crippen LogP contribution in [0.1, 0.15) is 37.0 Å². The predicted molar refractivity (Wildman–Crippen MR) is 120 cm³/mol. The van der Waals surface area contributed by atoms with Gasteiger partial charge >= 0.3 is 0 Å². The number of anilines is 1. The lowest BCUT2D eigenvalue weighted by atomic mass is 10.2. The number of amides is 1.